The third-order valence-electron chi connectivity index (χ3n) is 3.18. The number of hydrogen-bond acceptors (Lipinski definition) is 4. The summed E-state index contributed by atoms with van der Waals surface area (Å²) in [6.45, 7) is 2.97. The fourth-order valence-electron chi connectivity index (χ4n) is 2.28. The van der Waals surface area contributed by atoms with E-state index < -0.39 is 0 Å². The monoisotopic (exact) mass is 251 g/mol. The molecule has 98 valence electrons. The van der Waals surface area contributed by atoms with E-state index in [9.17, 15) is 9.59 Å². The molecule has 0 aromatic carbocycles. The summed E-state index contributed by atoms with van der Waals surface area (Å²) in [6, 6.07) is 0.154. The lowest BCUT2D eigenvalue weighted by atomic mass is 10.2. The van der Waals surface area contributed by atoms with E-state index in [1.54, 1.807) is 24.9 Å². The Hall–Kier alpha value is -1.92. The number of carbonyl (C=O) groups is 2. The number of carbonyl (C=O) groups excluding carboxylic acids is 2. The van der Waals surface area contributed by atoms with Crippen LogP contribution in [0.3, 0.4) is 0 Å². The average molecular weight is 251 g/mol. The van der Waals surface area contributed by atoms with E-state index in [1.807, 2.05) is 4.90 Å². The molecular formula is C11H17N5O2. The Labute approximate surface area is 105 Å². The van der Waals surface area contributed by atoms with Crippen molar-refractivity contribution >= 4 is 11.8 Å². The van der Waals surface area contributed by atoms with Gasteiger partial charge in [-0.25, -0.2) is 4.68 Å². The molecule has 1 N–H and O–H groups in total. The van der Waals surface area contributed by atoms with Crippen molar-refractivity contribution in [1.29, 1.82) is 0 Å². The van der Waals surface area contributed by atoms with E-state index in [4.69, 9.17) is 0 Å². The van der Waals surface area contributed by atoms with Gasteiger partial charge in [0.15, 0.2) is 5.69 Å². The highest BCUT2D eigenvalue weighted by Crippen LogP contribution is 2.18. The molecule has 1 fully saturated rings. The molecule has 7 nitrogen and oxygen atoms in total. The fourth-order valence-corrected chi connectivity index (χ4v) is 2.28. The van der Waals surface area contributed by atoms with Gasteiger partial charge in [-0.2, -0.15) is 0 Å². The maximum absolute atomic E-state index is 11.4. The molecule has 2 heterocycles. The van der Waals surface area contributed by atoms with Gasteiger partial charge >= 0.3 is 0 Å². The minimum absolute atomic E-state index is 0.0872. The van der Waals surface area contributed by atoms with Crippen molar-refractivity contribution in [3.05, 3.63) is 11.9 Å². The lowest BCUT2D eigenvalue weighted by molar-refractivity contribution is -0.129. The molecule has 18 heavy (non-hydrogen) atoms. The van der Waals surface area contributed by atoms with Crippen LogP contribution in [0.15, 0.2) is 6.20 Å². The molecule has 1 aromatic rings. The topological polar surface area (TPSA) is 80.1 Å². The first-order chi connectivity index (χ1) is 8.61. The highest BCUT2D eigenvalue weighted by molar-refractivity contribution is 5.91. The summed E-state index contributed by atoms with van der Waals surface area (Å²) in [5.74, 6) is -0.166. The molecule has 0 unspecified atom stereocenters. The van der Waals surface area contributed by atoms with Crippen LogP contribution in [-0.2, 0) is 11.3 Å². The second-order valence-electron chi connectivity index (χ2n) is 4.41. The first-order valence-corrected chi connectivity index (χ1v) is 6.01. The van der Waals surface area contributed by atoms with Crippen LogP contribution in [-0.4, -0.2) is 51.3 Å². The first kappa shape index (κ1) is 12.5. The maximum Gasteiger partial charge on any atom is 0.273 e. The molecule has 0 spiro atoms. The molecule has 0 bridgehead atoms. The van der Waals surface area contributed by atoms with Gasteiger partial charge < -0.3 is 10.2 Å². The molecule has 7 heteroatoms. The molecule has 1 aliphatic rings. The third kappa shape index (κ3) is 2.49. The second-order valence-corrected chi connectivity index (χ2v) is 4.41. The summed E-state index contributed by atoms with van der Waals surface area (Å²) in [4.78, 5) is 24.6. The summed E-state index contributed by atoms with van der Waals surface area (Å²) in [6.07, 6.45) is 3.59. The summed E-state index contributed by atoms with van der Waals surface area (Å²) < 4.78 is 1.62. The van der Waals surface area contributed by atoms with E-state index in [0.29, 0.717) is 12.2 Å². The van der Waals surface area contributed by atoms with Gasteiger partial charge in [-0.05, 0) is 12.8 Å². The Morgan fingerprint density at radius 1 is 1.56 bits per heavy atom. The Kier molecular flexibility index (Phi) is 3.59. The molecular weight excluding hydrogens is 234 g/mol. The van der Waals surface area contributed by atoms with Crippen molar-refractivity contribution in [2.75, 3.05) is 13.6 Å². The lowest BCUT2D eigenvalue weighted by Crippen LogP contribution is -2.36. The Balaban J connectivity index is 2.03. The van der Waals surface area contributed by atoms with Crippen LogP contribution in [0.5, 0.6) is 0 Å². The van der Waals surface area contributed by atoms with E-state index in [0.717, 1.165) is 19.4 Å². The molecule has 0 radical (unpaired) electrons. The molecule has 2 amide bonds. The van der Waals surface area contributed by atoms with Gasteiger partial charge in [0.05, 0.1) is 18.8 Å². The number of nitrogens with zero attached hydrogens (tertiary/aromatic N) is 4. The predicted octanol–water partition coefficient (Wildman–Crippen LogP) is -0.351. The zero-order valence-electron chi connectivity index (χ0n) is 10.6. The standard InChI is InChI=1S/C11H17N5O2/c1-8(17)16-5-3-4-9(16)6-15-7-10(13-14-15)11(18)12-2/h7,9H,3-6H2,1-2H3,(H,12,18)/t9-/m0/s1. The number of aromatic nitrogens is 3. The number of likely N-dealkylation sites (tertiary alicyclic amines) is 1. The maximum atomic E-state index is 11.4. The van der Waals surface area contributed by atoms with E-state index >= 15 is 0 Å². The zero-order chi connectivity index (χ0) is 13.1. The molecule has 1 saturated heterocycles. The summed E-state index contributed by atoms with van der Waals surface area (Å²) in [7, 11) is 1.55. The van der Waals surface area contributed by atoms with Gasteiger partial charge in [-0.1, -0.05) is 5.21 Å². The molecule has 1 aromatic heterocycles. The molecule has 1 aliphatic heterocycles. The number of rotatable bonds is 3. The third-order valence-corrected chi connectivity index (χ3v) is 3.18. The second kappa shape index (κ2) is 5.16. The van der Waals surface area contributed by atoms with Crippen molar-refractivity contribution in [3.63, 3.8) is 0 Å². The summed E-state index contributed by atoms with van der Waals surface area (Å²) >= 11 is 0. The normalized spacial score (nSPS) is 19.0. The number of nitrogens with one attached hydrogen (secondary N) is 1. The van der Waals surface area contributed by atoms with Crippen LogP contribution >= 0.6 is 0 Å². The Bertz CT molecular complexity index is 456. The van der Waals surface area contributed by atoms with Gasteiger partial charge in [0.2, 0.25) is 5.91 Å². The predicted molar refractivity (Wildman–Crippen MR) is 63.8 cm³/mol. The quantitative estimate of drug-likeness (QED) is 0.796. The van der Waals surface area contributed by atoms with Gasteiger partial charge in [0.1, 0.15) is 0 Å². The molecule has 1 atom stereocenters. The van der Waals surface area contributed by atoms with Crippen molar-refractivity contribution in [1.82, 2.24) is 25.2 Å². The highest BCUT2D eigenvalue weighted by Gasteiger charge is 2.27. The minimum atomic E-state index is -0.254. The molecule has 0 saturated carbocycles. The first-order valence-electron chi connectivity index (χ1n) is 6.01. The van der Waals surface area contributed by atoms with E-state index in [2.05, 4.69) is 15.6 Å². The van der Waals surface area contributed by atoms with Crippen LogP contribution in [0.2, 0.25) is 0 Å². The number of hydrogen-bond donors (Lipinski definition) is 1. The van der Waals surface area contributed by atoms with Gasteiger partial charge in [-0.15, -0.1) is 5.10 Å². The highest BCUT2D eigenvalue weighted by atomic mass is 16.2. The van der Waals surface area contributed by atoms with Crippen molar-refractivity contribution < 1.29 is 9.59 Å². The largest absolute Gasteiger partial charge is 0.354 e. The number of amides is 2. The van der Waals surface area contributed by atoms with Crippen LogP contribution in [0.25, 0.3) is 0 Å². The lowest BCUT2D eigenvalue weighted by Gasteiger charge is -2.22. The fraction of sp³-hybridized carbons (Fsp3) is 0.636. The minimum Gasteiger partial charge on any atom is -0.354 e. The van der Waals surface area contributed by atoms with Crippen LogP contribution in [0.4, 0.5) is 0 Å². The van der Waals surface area contributed by atoms with Gasteiger partial charge in [0.25, 0.3) is 5.91 Å². The SMILES string of the molecule is CNC(=O)c1cn(C[C@@H]2CCCN2C(C)=O)nn1. The van der Waals surface area contributed by atoms with Crippen LogP contribution in [0.1, 0.15) is 30.3 Å². The van der Waals surface area contributed by atoms with Crippen LogP contribution < -0.4 is 5.32 Å². The van der Waals surface area contributed by atoms with Crippen molar-refractivity contribution in [2.24, 2.45) is 0 Å². The van der Waals surface area contributed by atoms with Crippen LogP contribution in [0, 0.1) is 0 Å². The molecule has 2 rings (SSSR count). The zero-order valence-corrected chi connectivity index (χ0v) is 10.6. The van der Waals surface area contributed by atoms with Gasteiger partial charge in [0, 0.05) is 20.5 Å². The van der Waals surface area contributed by atoms with E-state index in [-0.39, 0.29) is 17.9 Å². The van der Waals surface area contributed by atoms with Crippen molar-refractivity contribution in [3.8, 4) is 0 Å². The summed E-state index contributed by atoms with van der Waals surface area (Å²) in [5.41, 5.74) is 0.296. The Morgan fingerprint density at radius 3 is 3.00 bits per heavy atom. The average Bonchev–Trinajstić information content (AvgIpc) is 2.97. The summed E-state index contributed by atoms with van der Waals surface area (Å²) in [5, 5.41) is 10.2. The van der Waals surface area contributed by atoms with Gasteiger partial charge in [-0.3, -0.25) is 9.59 Å². The smallest absolute Gasteiger partial charge is 0.273 e. The molecule has 0 aliphatic carbocycles. The van der Waals surface area contributed by atoms with E-state index in [1.165, 1.54) is 0 Å². The van der Waals surface area contributed by atoms with Crippen molar-refractivity contribution in [2.45, 2.75) is 32.4 Å². The Morgan fingerprint density at radius 2 is 2.33 bits per heavy atom.